The fraction of sp³-hybridized carbons (Fsp3) is 0.368. The minimum Gasteiger partial charge on any atom is -0.465 e. The van der Waals surface area contributed by atoms with Crippen molar-refractivity contribution in [1.29, 1.82) is 0 Å². The number of alkyl halides is 1. The Balaban J connectivity index is 2.27. The molecule has 0 aliphatic carbocycles. The molecule has 0 saturated heterocycles. The maximum atomic E-state index is 11.8. The van der Waals surface area contributed by atoms with Crippen LogP contribution in [-0.4, -0.2) is 18.1 Å². The maximum Gasteiger partial charge on any atom is 0.339 e. The monoisotopic (exact) mass is 391 g/mol. The van der Waals surface area contributed by atoms with Crippen LogP contribution >= 0.6 is 15.9 Å². The Kier molecular flexibility index (Phi) is 5.65. The number of aromatic nitrogens is 1. The van der Waals surface area contributed by atoms with Gasteiger partial charge >= 0.3 is 5.97 Å². The van der Waals surface area contributed by atoms with Gasteiger partial charge in [0.05, 0.1) is 23.2 Å². The van der Waals surface area contributed by atoms with Gasteiger partial charge in [-0.05, 0) is 36.1 Å². The molecule has 0 aliphatic heterocycles. The van der Waals surface area contributed by atoms with Crippen molar-refractivity contribution in [1.82, 2.24) is 4.98 Å². The van der Waals surface area contributed by atoms with E-state index in [1.54, 1.807) is 12.1 Å². The normalized spacial score (nSPS) is 12.6. The zero-order chi connectivity index (χ0) is 17.9. The van der Waals surface area contributed by atoms with E-state index in [2.05, 4.69) is 41.7 Å². The van der Waals surface area contributed by atoms with Crippen LogP contribution in [0, 0.1) is 0 Å². The molecule has 0 radical (unpaired) electrons. The summed E-state index contributed by atoms with van der Waals surface area (Å²) in [4.78, 5) is 16.2. The number of hydrogen-bond donors (Lipinski definition) is 0. The van der Waals surface area contributed by atoms with Crippen molar-refractivity contribution in [2.24, 2.45) is 0 Å². The Morgan fingerprint density at radius 2 is 1.75 bits per heavy atom. The molecule has 24 heavy (non-hydrogen) atoms. The molecule has 0 fully saturated rings. The van der Waals surface area contributed by atoms with Crippen LogP contribution in [-0.2, 0) is 10.2 Å². The first kappa shape index (κ1) is 18.5. The zero-order valence-electron chi connectivity index (χ0n) is 14.6. The lowest BCUT2D eigenvalue weighted by molar-refractivity contribution is 0.0599. The first-order chi connectivity index (χ1) is 11.2. The van der Waals surface area contributed by atoms with Gasteiger partial charge in [0.25, 0.3) is 0 Å². The van der Waals surface area contributed by atoms with E-state index in [1.807, 2.05) is 31.2 Å². The summed E-state index contributed by atoms with van der Waals surface area (Å²) < 4.78 is 10.6. The maximum absolute atomic E-state index is 11.8. The summed E-state index contributed by atoms with van der Waals surface area (Å²) in [6.45, 7) is 8.40. The molecule has 0 saturated carbocycles. The summed E-state index contributed by atoms with van der Waals surface area (Å²) in [7, 11) is 1.35. The van der Waals surface area contributed by atoms with Gasteiger partial charge in [-0.15, -0.1) is 0 Å². The average molecular weight is 392 g/mol. The van der Waals surface area contributed by atoms with Crippen LogP contribution in [0.2, 0.25) is 0 Å². The number of carbonyl (C=O) groups excluding carboxylic acids is 1. The highest BCUT2D eigenvalue weighted by Gasteiger charge is 2.18. The second-order valence-electron chi connectivity index (χ2n) is 6.57. The first-order valence-corrected chi connectivity index (χ1v) is 8.65. The van der Waals surface area contributed by atoms with Gasteiger partial charge < -0.3 is 9.47 Å². The lowest BCUT2D eigenvalue weighted by atomic mass is 9.87. The summed E-state index contributed by atoms with van der Waals surface area (Å²) in [5.74, 6) is 0.729. The molecule has 0 aliphatic rings. The molecule has 1 heterocycles. The number of esters is 1. The van der Waals surface area contributed by atoms with Crippen LogP contribution in [0.15, 0.2) is 36.4 Å². The number of methoxy groups -OCH3 is 1. The van der Waals surface area contributed by atoms with E-state index >= 15 is 0 Å². The molecule has 2 aromatic rings. The van der Waals surface area contributed by atoms with Crippen LogP contribution in [0.1, 0.15) is 54.1 Å². The summed E-state index contributed by atoms with van der Waals surface area (Å²) in [5, 5.41) is 0. The number of benzene rings is 1. The predicted molar refractivity (Wildman–Crippen MR) is 98.1 cm³/mol. The molecule has 0 N–H and O–H groups in total. The fourth-order valence-corrected chi connectivity index (χ4v) is 2.59. The van der Waals surface area contributed by atoms with Gasteiger partial charge in [0.1, 0.15) is 5.75 Å². The molecular weight excluding hydrogens is 370 g/mol. The Hall–Kier alpha value is -1.88. The van der Waals surface area contributed by atoms with Gasteiger partial charge in [0.2, 0.25) is 5.88 Å². The molecule has 4 nitrogen and oxygen atoms in total. The van der Waals surface area contributed by atoms with E-state index in [-0.39, 0.29) is 10.2 Å². The summed E-state index contributed by atoms with van der Waals surface area (Å²) in [6.07, 6.45) is 0. The van der Waals surface area contributed by atoms with Crippen molar-refractivity contribution in [3.05, 3.63) is 53.2 Å². The Bertz CT molecular complexity index is 718. The third-order valence-corrected chi connectivity index (χ3v) is 4.06. The smallest absolute Gasteiger partial charge is 0.339 e. The zero-order valence-corrected chi connectivity index (χ0v) is 16.2. The fourth-order valence-electron chi connectivity index (χ4n) is 2.24. The van der Waals surface area contributed by atoms with Crippen LogP contribution in [0.3, 0.4) is 0 Å². The number of ether oxygens (including phenoxy) is 2. The van der Waals surface area contributed by atoms with Crippen molar-refractivity contribution >= 4 is 21.9 Å². The second-order valence-corrected chi connectivity index (χ2v) is 7.94. The molecule has 1 atom stereocenters. The molecule has 0 amide bonds. The van der Waals surface area contributed by atoms with Crippen LogP contribution < -0.4 is 4.74 Å². The largest absolute Gasteiger partial charge is 0.465 e. The van der Waals surface area contributed by atoms with E-state index in [0.717, 1.165) is 0 Å². The van der Waals surface area contributed by atoms with Crippen LogP contribution in [0.4, 0.5) is 0 Å². The highest BCUT2D eigenvalue weighted by Crippen LogP contribution is 2.29. The lowest BCUT2D eigenvalue weighted by Gasteiger charge is -2.19. The Morgan fingerprint density at radius 3 is 2.25 bits per heavy atom. The highest BCUT2D eigenvalue weighted by atomic mass is 79.9. The summed E-state index contributed by atoms with van der Waals surface area (Å²) in [5.41, 5.74) is 2.35. The Morgan fingerprint density at radius 1 is 1.12 bits per heavy atom. The molecule has 128 valence electrons. The van der Waals surface area contributed by atoms with Gasteiger partial charge in [0, 0.05) is 6.07 Å². The van der Waals surface area contributed by atoms with Crippen molar-refractivity contribution in [3.63, 3.8) is 0 Å². The van der Waals surface area contributed by atoms with Gasteiger partial charge in [-0.3, -0.25) is 0 Å². The molecule has 1 unspecified atom stereocenters. The molecule has 5 heteroatoms. The van der Waals surface area contributed by atoms with Crippen molar-refractivity contribution in [2.75, 3.05) is 7.11 Å². The third-order valence-electron chi connectivity index (χ3n) is 3.62. The lowest BCUT2D eigenvalue weighted by Crippen LogP contribution is -2.10. The van der Waals surface area contributed by atoms with Crippen LogP contribution in [0.5, 0.6) is 11.6 Å². The predicted octanol–water partition coefficient (Wildman–Crippen LogP) is 5.41. The van der Waals surface area contributed by atoms with E-state index in [0.29, 0.717) is 22.9 Å². The number of rotatable bonds is 4. The number of halogens is 1. The quantitative estimate of drug-likeness (QED) is 0.515. The number of carbonyl (C=O) groups is 1. The summed E-state index contributed by atoms with van der Waals surface area (Å²) in [6, 6.07) is 11.3. The van der Waals surface area contributed by atoms with E-state index < -0.39 is 5.97 Å². The SMILES string of the molecule is COC(=O)c1ccc(Oc2ccc(C(C)(C)C)cc2)nc1C(C)Br. The van der Waals surface area contributed by atoms with E-state index in [9.17, 15) is 4.79 Å². The van der Waals surface area contributed by atoms with E-state index in [4.69, 9.17) is 9.47 Å². The first-order valence-electron chi connectivity index (χ1n) is 7.74. The molecule has 1 aromatic carbocycles. The number of nitrogens with zero attached hydrogens (tertiary/aromatic N) is 1. The minimum atomic E-state index is -0.412. The van der Waals surface area contributed by atoms with Gasteiger partial charge in [-0.25, -0.2) is 9.78 Å². The molecular formula is C19H22BrNO3. The van der Waals surface area contributed by atoms with Gasteiger partial charge in [0.15, 0.2) is 0 Å². The number of hydrogen-bond acceptors (Lipinski definition) is 4. The third kappa shape index (κ3) is 4.35. The molecule has 0 bridgehead atoms. The van der Waals surface area contributed by atoms with Crippen molar-refractivity contribution < 1.29 is 14.3 Å². The van der Waals surface area contributed by atoms with Gasteiger partial charge in [-0.1, -0.05) is 48.8 Å². The number of pyridine rings is 1. The highest BCUT2D eigenvalue weighted by molar-refractivity contribution is 9.09. The minimum absolute atomic E-state index is 0.0947. The van der Waals surface area contributed by atoms with Gasteiger partial charge in [-0.2, -0.15) is 0 Å². The standard InChI is InChI=1S/C19H22BrNO3/c1-12(20)17-15(18(22)23-5)10-11-16(21-17)24-14-8-6-13(7-9-14)19(2,3)4/h6-12H,1-5H3. The Labute approximate surface area is 151 Å². The van der Waals surface area contributed by atoms with Crippen LogP contribution in [0.25, 0.3) is 0 Å². The molecule has 1 aromatic heterocycles. The van der Waals surface area contributed by atoms with Crippen molar-refractivity contribution in [2.45, 2.75) is 37.9 Å². The molecule has 0 spiro atoms. The van der Waals surface area contributed by atoms with Crippen molar-refractivity contribution in [3.8, 4) is 11.6 Å². The van der Waals surface area contributed by atoms with E-state index in [1.165, 1.54) is 12.7 Å². The topological polar surface area (TPSA) is 48.4 Å². The second kappa shape index (κ2) is 7.34. The average Bonchev–Trinajstić information content (AvgIpc) is 2.53. The molecule has 2 rings (SSSR count). The summed E-state index contributed by atoms with van der Waals surface area (Å²) >= 11 is 3.46.